The van der Waals surface area contributed by atoms with Crippen molar-refractivity contribution in [2.75, 3.05) is 11.4 Å². The van der Waals surface area contributed by atoms with Gasteiger partial charge in [-0.05, 0) is 54.2 Å². The maximum atomic E-state index is 4.43. The van der Waals surface area contributed by atoms with E-state index in [1.54, 1.807) is 0 Å². The van der Waals surface area contributed by atoms with Crippen LogP contribution in [0.4, 0.5) is 5.82 Å². The Hall–Kier alpha value is -0.570. The summed E-state index contributed by atoms with van der Waals surface area (Å²) in [6.07, 6.45) is 5.81. The van der Waals surface area contributed by atoms with Gasteiger partial charge in [-0.1, -0.05) is 0 Å². The van der Waals surface area contributed by atoms with Gasteiger partial charge in [0.2, 0.25) is 0 Å². The minimum absolute atomic E-state index is 0.637. The first kappa shape index (κ1) is 9.97. The van der Waals surface area contributed by atoms with Crippen LogP contribution in [-0.2, 0) is 0 Å². The van der Waals surface area contributed by atoms with Crippen LogP contribution in [0, 0.1) is 0 Å². The molecular weight excluding hydrogens is 240 g/mol. The van der Waals surface area contributed by atoms with E-state index in [4.69, 9.17) is 0 Å². The third kappa shape index (κ3) is 2.08. The Morgan fingerprint density at radius 2 is 2.29 bits per heavy atom. The molecule has 0 saturated carbocycles. The molecule has 0 aromatic carbocycles. The highest BCUT2D eigenvalue weighted by molar-refractivity contribution is 9.10. The van der Waals surface area contributed by atoms with E-state index in [0.717, 1.165) is 16.8 Å². The first-order chi connectivity index (χ1) is 6.77. The van der Waals surface area contributed by atoms with E-state index in [2.05, 4.69) is 44.9 Å². The zero-order chi connectivity index (χ0) is 9.97. The van der Waals surface area contributed by atoms with Crippen molar-refractivity contribution in [3.63, 3.8) is 0 Å². The predicted molar refractivity (Wildman–Crippen MR) is 62.6 cm³/mol. The minimum atomic E-state index is 0.637. The average molecular weight is 255 g/mol. The molecule has 0 radical (unpaired) electrons. The summed E-state index contributed by atoms with van der Waals surface area (Å²) < 4.78 is 1.05. The molecule has 2 heterocycles. The maximum absolute atomic E-state index is 4.43. The van der Waals surface area contributed by atoms with Crippen molar-refractivity contribution in [1.82, 2.24) is 4.98 Å². The summed E-state index contributed by atoms with van der Waals surface area (Å²) in [7, 11) is 0. The molecule has 76 valence electrons. The summed E-state index contributed by atoms with van der Waals surface area (Å²) in [6.45, 7) is 3.43. The monoisotopic (exact) mass is 254 g/mol. The quantitative estimate of drug-likeness (QED) is 0.765. The van der Waals surface area contributed by atoms with E-state index in [1.165, 1.54) is 19.3 Å². The number of pyridine rings is 1. The van der Waals surface area contributed by atoms with Crippen LogP contribution in [0.3, 0.4) is 0 Å². The first-order valence-corrected chi connectivity index (χ1v) is 5.95. The van der Waals surface area contributed by atoms with Crippen LogP contribution >= 0.6 is 15.9 Å². The van der Waals surface area contributed by atoms with Gasteiger partial charge in [0.1, 0.15) is 5.82 Å². The van der Waals surface area contributed by atoms with Crippen LogP contribution < -0.4 is 4.90 Å². The Labute approximate surface area is 93.5 Å². The van der Waals surface area contributed by atoms with E-state index < -0.39 is 0 Å². The van der Waals surface area contributed by atoms with E-state index in [0.29, 0.717) is 6.04 Å². The molecule has 3 heteroatoms. The molecule has 1 aromatic rings. The topological polar surface area (TPSA) is 16.1 Å². The van der Waals surface area contributed by atoms with Crippen LogP contribution in [0.1, 0.15) is 26.2 Å². The average Bonchev–Trinajstić information content (AvgIpc) is 2.20. The first-order valence-electron chi connectivity index (χ1n) is 5.15. The third-order valence-corrected chi connectivity index (χ3v) is 3.28. The summed E-state index contributed by atoms with van der Waals surface area (Å²) in [6, 6.07) is 4.78. The Morgan fingerprint density at radius 1 is 1.43 bits per heavy atom. The molecule has 1 unspecified atom stereocenters. The standard InChI is InChI=1S/C11H15BrN2/c1-9-4-2-3-7-14(9)11-6-5-10(12)8-13-11/h5-6,8-9H,2-4,7H2,1H3. The molecule has 0 bridgehead atoms. The lowest BCUT2D eigenvalue weighted by atomic mass is 10.0. The van der Waals surface area contributed by atoms with Gasteiger partial charge < -0.3 is 4.90 Å². The number of hydrogen-bond acceptors (Lipinski definition) is 2. The second-order valence-electron chi connectivity index (χ2n) is 3.87. The molecular formula is C11H15BrN2. The molecule has 0 aliphatic carbocycles. The largest absolute Gasteiger partial charge is 0.354 e. The Kier molecular flexibility index (Phi) is 3.06. The van der Waals surface area contributed by atoms with Gasteiger partial charge in [0.15, 0.2) is 0 Å². The molecule has 1 aliphatic rings. The summed E-state index contributed by atoms with van der Waals surface area (Å²) in [5.41, 5.74) is 0. The molecule has 1 aromatic heterocycles. The Morgan fingerprint density at radius 3 is 2.93 bits per heavy atom. The Balaban J connectivity index is 2.16. The number of halogens is 1. The van der Waals surface area contributed by atoms with Gasteiger partial charge in [-0.2, -0.15) is 0 Å². The van der Waals surface area contributed by atoms with Crippen molar-refractivity contribution < 1.29 is 0 Å². The SMILES string of the molecule is CC1CCCCN1c1ccc(Br)cn1. The summed E-state index contributed by atoms with van der Waals surface area (Å²) in [5.74, 6) is 1.11. The third-order valence-electron chi connectivity index (χ3n) is 2.81. The minimum Gasteiger partial charge on any atom is -0.354 e. The maximum Gasteiger partial charge on any atom is 0.128 e. The van der Waals surface area contributed by atoms with Gasteiger partial charge in [0.05, 0.1) is 0 Å². The van der Waals surface area contributed by atoms with Crippen molar-refractivity contribution in [2.24, 2.45) is 0 Å². The lowest BCUT2D eigenvalue weighted by molar-refractivity contribution is 0.481. The molecule has 2 rings (SSSR count). The highest BCUT2D eigenvalue weighted by Crippen LogP contribution is 2.23. The number of piperidine rings is 1. The molecule has 0 N–H and O–H groups in total. The van der Waals surface area contributed by atoms with Crippen LogP contribution in [0.2, 0.25) is 0 Å². The molecule has 1 saturated heterocycles. The molecule has 0 amide bonds. The van der Waals surface area contributed by atoms with Crippen molar-refractivity contribution in [1.29, 1.82) is 0 Å². The van der Waals surface area contributed by atoms with Crippen LogP contribution in [0.5, 0.6) is 0 Å². The number of nitrogens with zero attached hydrogens (tertiary/aromatic N) is 2. The van der Waals surface area contributed by atoms with E-state index in [-0.39, 0.29) is 0 Å². The van der Waals surface area contributed by atoms with Gasteiger partial charge >= 0.3 is 0 Å². The fraction of sp³-hybridized carbons (Fsp3) is 0.545. The highest BCUT2D eigenvalue weighted by Gasteiger charge is 2.18. The fourth-order valence-corrected chi connectivity index (χ4v) is 2.21. The highest BCUT2D eigenvalue weighted by atomic mass is 79.9. The fourth-order valence-electron chi connectivity index (χ4n) is 1.98. The smallest absolute Gasteiger partial charge is 0.128 e. The van der Waals surface area contributed by atoms with Crippen LogP contribution in [-0.4, -0.2) is 17.6 Å². The van der Waals surface area contributed by atoms with Crippen molar-refractivity contribution in [2.45, 2.75) is 32.2 Å². The molecule has 0 spiro atoms. The molecule has 1 atom stereocenters. The second-order valence-corrected chi connectivity index (χ2v) is 4.79. The summed E-state index contributed by atoms with van der Waals surface area (Å²) in [5, 5.41) is 0. The van der Waals surface area contributed by atoms with Crippen molar-refractivity contribution in [3.05, 3.63) is 22.8 Å². The molecule has 1 aliphatic heterocycles. The summed E-state index contributed by atoms with van der Waals surface area (Å²) >= 11 is 3.40. The van der Waals surface area contributed by atoms with Gasteiger partial charge in [0, 0.05) is 23.3 Å². The lowest BCUT2D eigenvalue weighted by Gasteiger charge is -2.34. The van der Waals surface area contributed by atoms with Crippen LogP contribution in [0.25, 0.3) is 0 Å². The van der Waals surface area contributed by atoms with E-state index in [1.807, 2.05) is 6.20 Å². The number of aromatic nitrogens is 1. The molecule has 14 heavy (non-hydrogen) atoms. The number of anilines is 1. The van der Waals surface area contributed by atoms with Crippen molar-refractivity contribution >= 4 is 21.7 Å². The van der Waals surface area contributed by atoms with Gasteiger partial charge in [0.25, 0.3) is 0 Å². The van der Waals surface area contributed by atoms with Gasteiger partial charge in [-0.3, -0.25) is 0 Å². The molecule has 1 fully saturated rings. The van der Waals surface area contributed by atoms with Gasteiger partial charge in [-0.25, -0.2) is 4.98 Å². The van der Waals surface area contributed by atoms with Gasteiger partial charge in [-0.15, -0.1) is 0 Å². The Bertz CT molecular complexity index is 297. The zero-order valence-corrected chi connectivity index (χ0v) is 10.00. The van der Waals surface area contributed by atoms with E-state index >= 15 is 0 Å². The summed E-state index contributed by atoms with van der Waals surface area (Å²) in [4.78, 5) is 6.83. The van der Waals surface area contributed by atoms with Crippen molar-refractivity contribution in [3.8, 4) is 0 Å². The number of hydrogen-bond donors (Lipinski definition) is 0. The predicted octanol–water partition coefficient (Wildman–Crippen LogP) is 3.22. The normalized spacial score (nSPS) is 22.4. The van der Waals surface area contributed by atoms with E-state index in [9.17, 15) is 0 Å². The van der Waals surface area contributed by atoms with Crippen LogP contribution in [0.15, 0.2) is 22.8 Å². The number of rotatable bonds is 1. The lowest BCUT2D eigenvalue weighted by Crippen LogP contribution is -2.37. The zero-order valence-electron chi connectivity index (χ0n) is 8.41. The molecule has 2 nitrogen and oxygen atoms in total. The second kappa shape index (κ2) is 4.30.